The Hall–Kier alpha value is -1.76. The summed E-state index contributed by atoms with van der Waals surface area (Å²) in [6.45, 7) is 2.48. The Balaban J connectivity index is 2.45. The number of hydrogen-bond acceptors (Lipinski definition) is 3. The minimum atomic E-state index is -4.68. The van der Waals surface area contributed by atoms with E-state index in [1.807, 2.05) is 6.92 Å². The van der Waals surface area contributed by atoms with Gasteiger partial charge in [0.25, 0.3) is 0 Å². The molecular weight excluding hydrogens is 273 g/mol. The van der Waals surface area contributed by atoms with Gasteiger partial charge in [-0.15, -0.1) is 13.2 Å². The number of carbonyl (C=O) groups is 1. The Labute approximate surface area is 115 Å². The van der Waals surface area contributed by atoms with Crippen LogP contribution in [0, 0.1) is 0 Å². The van der Waals surface area contributed by atoms with Crippen molar-refractivity contribution >= 4 is 5.91 Å². The van der Waals surface area contributed by atoms with Crippen molar-refractivity contribution in [2.45, 2.75) is 32.2 Å². The van der Waals surface area contributed by atoms with Crippen molar-refractivity contribution in [2.75, 3.05) is 6.54 Å². The molecule has 0 heterocycles. The third-order valence-electron chi connectivity index (χ3n) is 2.66. The van der Waals surface area contributed by atoms with Gasteiger partial charge in [0.2, 0.25) is 5.91 Å². The first-order chi connectivity index (χ1) is 9.28. The lowest BCUT2D eigenvalue weighted by atomic mass is 10.1. The van der Waals surface area contributed by atoms with Crippen molar-refractivity contribution < 1.29 is 22.7 Å². The summed E-state index contributed by atoms with van der Waals surface area (Å²) in [5.41, 5.74) is 5.85. The van der Waals surface area contributed by atoms with E-state index in [2.05, 4.69) is 10.1 Å². The average molecular weight is 290 g/mol. The molecule has 0 aliphatic rings. The molecule has 1 amide bonds. The van der Waals surface area contributed by atoms with Gasteiger partial charge in [-0.3, -0.25) is 4.79 Å². The Morgan fingerprint density at radius 3 is 2.45 bits per heavy atom. The van der Waals surface area contributed by atoms with Gasteiger partial charge in [0, 0.05) is 12.5 Å². The SMILES string of the molecule is CC(NCCCC(N)=O)c1ccc(OC(F)(F)F)cc1. The Morgan fingerprint density at radius 2 is 1.95 bits per heavy atom. The van der Waals surface area contributed by atoms with Crippen molar-refractivity contribution in [1.82, 2.24) is 5.32 Å². The summed E-state index contributed by atoms with van der Waals surface area (Å²) in [6, 6.07) is 5.62. The van der Waals surface area contributed by atoms with Gasteiger partial charge in [-0.1, -0.05) is 12.1 Å². The van der Waals surface area contributed by atoms with E-state index in [4.69, 9.17) is 5.73 Å². The third kappa shape index (κ3) is 6.42. The van der Waals surface area contributed by atoms with Crippen LogP contribution in [0.25, 0.3) is 0 Å². The molecule has 4 nitrogen and oxygen atoms in total. The lowest BCUT2D eigenvalue weighted by molar-refractivity contribution is -0.274. The molecule has 0 saturated heterocycles. The number of nitrogens with two attached hydrogens (primary N) is 1. The van der Waals surface area contributed by atoms with Crippen molar-refractivity contribution in [3.63, 3.8) is 0 Å². The van der Waals surface area contributed by atoms with Gasteiger partial charge in [-0.25, -0.2) is 0 Å². The summed E-state index contributed by atoms with van der Waals surface area (Å²) in [5.74, 6) is -0.602. The maximum absolute atomic E-state index is 12.0. The molecule has 0 saturated carbocycles. The van der Waals surface area contributed by atoms with Gasteiger partial charge in [0.1, 0.15) is 5.75 Å². The predicted octanol–water partition coefficient (Wildman–Crippen LogP) is 2.50. The third-order valence-corrected chi connectivity index (χ3v) is 2.66. The molecular formula is C13H17F3N2O2. The van der Waals surface area contributed by atoms with Gasteiger partial charge >= 0.3 is 6.36 Å². The first-order valence-corrected chi connectivity index (χ1v) is 6.15. The largest absolute Gasteiger partial charge is 0.573 e. The van der Waals surface area contributed by atoms with Gasteiger partial charge in [0.05, 0.1) is 0 Å². The monoisotopic (exact) mass is 290 g/mol. The molecule has 0 aliphatic carbocycles. The van der Waals surface area contributed by atoms with Crippen LogP contribution in [0.2, 0.25) is 0 Å². The van der Waals surface area contributed by atoms with Crippen molar-refractivity contribution in [2.24, 2.45) is 5.73 Å². The van der Waals surface area contributed by atoms with E-state index in [1.54, 1.807) is 12.1 Å². The highest BCUT2D eigenvalue weighted by molar-refractivity contribution is 5.73. The number of carbonyl (C=O) groups excluding carboxylic acids is 1. The first-order valence-electron chi connectivity index (χ1n) is 6.15. The van der Waals surface area contributed by atoms with Crippen LogP contribution in [0.5, 0.6) is 5.75 Å². The minimum absolute atomic E-state index is 0.0391. The molecule has 1 atom stereocenters. The molecule has 1 aromatic rings. The van der Waals surface area contributed by atoms with E-state index in [-0.39, 0.29) is 17.7 Å². The van der Waals surface area contributed by atoms with E-state index in [0.717, 1.165) is 5.56 Å². The van der Waals surface area contributed by atoms with E-state index < -0.39 is 6.36 Å². The summed E-state index contributed by atoms with van der Waals surface area (Å²) in [5, 5.41) is 3.15. The Morgan fingerprint density at radius 1 is 1.35 bits per heavy atom. The molecule has 112 valence electrons. The smallest absolute Gasteiger partial charge is 0.406 e. The second-order valence-electron chi connectivity index (χ2n) is 4.36. The van der Waals surface area contributed by atoms with Crippen LogP contribution in [0.3, 0.4) is 0 Å². The van der Waals surface area contributed by atoms with E-state index in [0.29, 0.717) is 19.4 Å². The molecule has 0 radical (unpaired) electrons. The highest BCUT2D eigenvalue weighted by atomic mass is 19.4. The van der Waals surface area contributed by atoms with Crippen LogP contribution in [-0.4, -0.2) is 18.8 Å². The van der Waals surface area contributed by atoms with Crippen LogP contribution in [0.15, 0.2) is 24.3 Å². The highest BCUT2D eigenvalue weighted by Gasteiger charge is 2.30. The number of benzene rings is 1. The first kappa shape index (κ1) is 16.3. The Kier molecular flexibility index (Phi) is 5.82. The number of rotatable bonds is 7. The van der Waals surface area contributed by atoms with Gasteiger partial charge in [0.15, 0.2) is 0 Å². The predicted molar refractivity (Wildman–Crippen MR) is 68.0 cm³/mol. The standard InChI is InChI=1S/C13H17F3N2O2/c1-9(18-8-2-3-12(17)19)10-4-6-11(7-5-10)20-13(14,15)16/h4-7,9,18H,2-3,8H2,1H3,(H2,17,19). The van der Waals surface area contributed by atoms with E-state index >= 15 is 0 Å². The number of ether oxygens (including phenoxy) is 1. The lowest BCUT2D eigenvalue weighted by Crippen LogP contribution is -2.22. The second-order valence-corrected chi connectivity index (χ2v) is 4.36. The summed E-state index contributed by atoms with van der Waals surface area (Å²) in [6.07, 6.45) is -3.76. The number of primary amides is 1. The molecule has 0 aliphatic heterocycles. The van der Waals surface area contributed by atoms with Crippen LogP contribution in [0.4, 0.5) is 13.2 Å². The van der Waals surface area contributed by atoms with Gasteiger partial charge in [-0.05, 0) is 37.6 Å². The summed E-state index contributed by atoms with van der Waals surface area (Å²) >= 11 is 0. The van der Waals surface area contributed by atoms with Crippen molar-refractivity contribution in [1.29, 1.82) is 0 Å². The lowest BCUT2D eigenvalue weighted by Gasteiger charge is -2.15. The average Bonchev–Trinajstić information content (AvgIpc) is 2.33. The van der Waals surface area contributed by atoms with Crippen LogP contribution in [-0.2, 0) is 4.79 Å². The zero-order valence-corrected chi connectivity index (χ0v) is 11.0. The number of alkyl halides is 3. The quantitative estimate of drug-likeness (QED) is 0.758. The molecule has 0 aromatic heterocycles. The number of amides is 1. The molecule has 1 aromatic carbocycles. The molecule has 0 bridgehead atoms. The van der Waals surface area contributed by atoms with E-state index in [9.17, 15) is 18.0 Å². The summed E-state index contributed by atoms with van der Waals surface area (Å²) < 4.78 is 39.8. The topological polar surface area (TPSA) is 64.3 Å². The number of nitrogens with one attached hydrogen (secondary N) is 1. The molecule has 0 fully saturated rings. The number of halogens is 3. The van der Waals surface area contributed by atoms with Crippen LogP contribution in [0.1, 0.15) is 31.4 Å². The molecule has 3 N–H and O–H groups in total. The fraction of sp³-hybridized carbons (Fsp3) is 0.462. The van der Waals surface area contributed by atoms with Crippen molar-refractivity contribution in [3.05, 3.63) is 29.8 Å². The highest BCUT2D eigenvalue weighted by Crippen LogP contribution is 2.24. The van der Waals surface area contributed by atoms with Crippen molar-refractivity contribution in [3.8, 4) is 5.75 Å². The summed E-state index contributed by atoms with van der Waals surface area (Å²) in [7, 11) is 0. The van der Waals surface area contributed by atoms with Gasteiger partial charge in [-0.2, -0.15) is 0 Å². The number of hydrogen-bond donors (Lipinski definition) is 2. The minimum Gasteiger partial charge on any atom is -0.406 e. The van der Waals surface area contributed by atoms with Crippen LogP contribution < -0.4 is 15.8 Å². The zero-order chi connectivity index (χ0) is 15.2. The van der Waals surface area contributed by atoms with Gasteiger partial charge < -0.3 is 15.8 Å². The van der Waals surface area contributed by atoms with E-state index in [1.165, 1.54) is 12.1 Å². The molecule has 0 spiro atoms. The molecule has 20 heavy (non-hydrogen) atoms. The summed E-state index contributed by atoms with van der Waals surface area (Å²) in [4.78, 5) is 10.6. The maximum Gasteiger partial charge on any atom is 0.573 e. The fourth-order valence-electron chi connectivity index (χ4n) is 1.66. The normalized spacial score (nSPS) is 13.0. The Bertz CT molecular complexity index is 432. The molecule has 1 unspecified atom stereocenters. The van der Waals surface area contributed by atoms with Crippen LogP contribution >= 0.6 is 0 Å². The molecule has 7 heteroatoms. The fourth-order valence-corrected chi connectivity index (χ4v) is 1.66. The zero-order valence-electron chi connectivity index (χ0n) is 11.0. The second kappa shape index (κ2) is 7.14. The molecule has 1 rings (SSSR count). The maximum atomic E-state index is 12.0.